The minimum Gasteiger partial charge on any atom is -0.288 e. The van der Waals surface area contributed by atoms with Gasteiger partial charge in [0.25, 0.3) is 5.91 Å². The third-order valence-electron chi connectivity index (χ3n) is 2.52. The van der Waals surface area contributed by atoms with Crippen LogP contribution in [0, 0.1) is 22.7 Å². The summed E-state index contributed by atoms with van der Waals surface area (Å²) in [5, 5.41) is 22.1. The summed E-state index contributed by atoms with van der Waals surface area (Å²) in [4.78, 5) is 23.0. The first-order valence-electron chi connectivity index (χ1n) is 5.60. The summed E-state index contributed by atoms with van der Waals surface area (Å²) in [6, 6.07) is 3.48. The van der Waals surface area contributed by atoms with Gasteiger partial charge in [0.2, 0.25) is 5.91 Å². The van der Waals surface area contributed by atoms with Crippen LogP contribution < -0.4 is 10.9 Å². The van der Waals surface area contributed by atoms with Crippen LogP contribution in [0.5, 0.6) is 0 Å². The van der Waals surface area contributed by atoms with Gasteiger partial charge in [-0.05, 0) is 13.8 Å². The molecular weight excluding hydrogens is 248 g/mol. The lowest BCUT2D eigenvalue weighted by atomic mass is 10.1. The van der Waals surface area contributed by atoms with Crippen molar-refractivity contribution in [1.82, 2.24) is 15.9 Å². The lowest BCUT2D eigenvalue weighted by molar-refractivity contribution is -0.138. The van der Waals surface area contributed by atoms with Gasteiger partial charge in [0.05, 0.1) is 12.1 Å². The maximum Gasteiger partial charge on any atom is 0.258 e. The molecule has 8 nitrogen and oxygen atoms in total. The molecule has 0 fully saturated rings. The van der Waals surface area contributed by atoms with E-state index >= 15 is 0 Å². The van der Waals surface area contributed by atoms with Crippen molar-refractivity contribution in [2.75, 3.05) is 0 Å². The quantitative estimate of drug-likeness (QED) is 0.677. The van der Waals surface area contributed by atoms with Crippen LogP contribution in [-0.2, 0) is 9.59 Å². The summed E-state index contributed by atoms with van der Waals surface area (Å²) in [5.41, 5.74) is 4.82. The molecule has 0 saturated heterocycles. The van der Waals surface area contributed by atoms with Gasteiger partial charge in [0, 0.05) is 12.1 Å². The summed E-state index contributed by atoms with van der Waals surface area (Å²) in [6.07, 6.45) is -0.160. The predicted octanol–water partition coefficient (Wildman–Crippen LogP) is -0.241. The molecule has 0 aromatic rings. The molecule has 2 amide bonds. The van der Waals surface area contributed by atoms with Crippen LogP contribution in [0.2, 0.25) is 0 Å². The van der Waals surface area contributed by atoms with Crippen molar-refractivity contribution in [2.45, 2.75) is 38.8 Å². The average Bonchev–Trinajstić information content (AvgIpc) is 2.64. The lowest BCUT2D eigenvalue weighted by Crippen LogP contribution is -2.60. The van der Waals surface area contributed by atoms with Crippen LogP contribution in [0.1, 0.15) is 33.1 Å². The van der Waals surface area contributed by atoms with Gasteiger partial charge in [-0.25, -0.2) is 10.4 Å². The van der Waals surface area contributed by atoms with Crippen LogP contribution in [0.4, 0.5) is 0 Å². The van der Waals surface area contributed by atoms with Gasteiger partial charge in [-0.2, -0.15) is 15.6 Å². The van der Waals surface area contributed by atoms with E-state index < -0.39 is 17.5 Å². The first-order chi connectivity index (χ1) is 8.92. The highest BCUT2D eigenvalue weighted by Gasteiger charge is 2.40. The fraction of sp³-hybridized carbons (Fsp3) is 0.545. The number of nitriles is 2. The Morgan fingerprint density at radius 3 is 2.63 bits per heavy atom. The molecule has 1 aliphatic rings. The molecule has 0 aromatic carbocycles. The standard InChI is InChI=1S/C11H14N6O2/c1-8-7-11(2,16-14-9(18)3-5-12)17(15-8)10(19)4-6-13/h16H,3-4,7H2,1-2H3,(H,14,18)/t11-/m0/s1. The van der Waals surface area contributed by atoms with E-state index in [0.29, 0.717) is 12.1 Å². The van der Waals surface area contributed by atoms with Gasteiger partial charge >= 0.3 is 0 Å². The number of hydrazone groups is 1. The molecule has 1 rings (SSSR count). The van der Waals surface area contributed by atoms with E-state index in [1.165, 1.54) is 0 Å². The van der Waals surface area contributed by atoms with E-state index in [0.717, 1.165) is 5.01 Å². The van der Waals surface area contributed by atoms with E-state index in [2.05, 4.69) is 16.0 Å². The highest BCUT2D eigenvalue weighted by Crippen LogP contribution is 2.24. The van der Waals surface area contributed by atoms with Gasteiger partial charge in [-0.3, -0.25) is 15.0 Å². The Kier molecular flexibility index (Phi) is 4.56. The fourth-order valence-electron chi connectivity index (χ4n) is 1.78. The Hall–Kier alpha value is -2.45. The number of carbonyl (C=O) groups is 2. The summed E-state index contributed by atoms with van der Waals surface area (Å²) in [6.45, 7) is 3.42. The number of nitrogens with one attached hydrogen (secondary N) is 2. The summed E-state index contributed by atoms with van der Waals surface area (Å²) >= 11 is 0. The molecule has 0 radical (unpaired) electrons. The molecule has 0 aliphatic carbocycles. The van der Waals surface area contributed by atoms with Crippen molar-refractivity contribution in [1.29, 1.82) is 10.5 Å². The number of carbonyl (C=O) groups excluding carboxylic acids is 2. The number of hydrogen-bond donors (Lipinski definition) is 2. The van der Waals surface area contributed by atoms with Gasteiger partial charge in [-0.15, -0.1) is 0 Å². The second-order valence-electron chi connectivity index (χ2n) is 4.33. The second-order valence-corrected chi connectivity index (χ2v) is 4.33. The molecular formula is C11H14N6O2. The minimum absolute atomic E-state index is 0.283. The van der Waals surface area contributed by atoms with Crippen LogP contribution in [0.25, 0.3) is 0 Å². The van der Waals surface area contributed by atoms with Crippen molar-refractivity contribution >= 4 is 17.5 Å². The molecule has 19 heavy (non-hydrogen) atoms. The molecule has 1 heterocycles. The smallest absolute Gasteiger partial charge is 0.258 e. The molecule has 2 N–H and O–H groups in total. The van der Waals surface area contributed by atoms with Crippen LogP contribution in [0.3, 0.4) is 0 Å². The molecule has 0 aromatic heterocycles. The van der Waals surface area contributed by atoms with Gasteiger partial charge < -0.3 is 0 Å². The molecule has 8 heteroatoms. The zero-order valence-corrected chi connectivity index (χ0v) is 10.7. The minimum atomic E-state index is -0.927. The highest BCUT2D eigenvalue weighted by molar-refractivity contribution is 5.89. The van der Waals surface area contributed by atoms with Crippen molar-refractivity contribution in [3.05, 3.63) is 0 Å². The number of amides is 2. The van der Waals surface area contributed by atoms with Gasteiger partial charge in [0.15, 0.2) is 0 Å². The fourth-order valence-corrected chi connectivity index (χ4v) is 1.78. The number of rotatable bonds is 4. The topological polar surface area (TPSA) is 121 Å². The van der Waals surface area contributed by atoms with Crippen LogP contribution in [0.15, 0.2) is 5.10 Å². The zero-order valence-electron chi connectivity index (χ0n) is 10.7. The third-order valence-corrected chi connectivity index (χ3v) is 2.52. The lowest BCUT2D eigenvalue weighted by Gasteiger charge is -2.33. The Morgan fingerprint density at radius 2 is 2.05 bits per heavy atom. The van der Waals surface area contributed by atoms with E-state index in [1.54, 1.807) is 26.0 Å². The van der Waals surface area contributed by atoms with E-state index in [9.17, 15) is 9.59 Å². The van der Waals surface area contributed by atoms with E-state index in [-0.39, 0.29) is 12.8 Å². The largest absolute Gasteiger partial charge is 0.288 e. The van der Waals surface area contributed by atoms with Crippen molar-refractivity contribution in [3.63, 3.8) is 0 Å². The first kappa shape index (κ1) is 14.6. The van der Waals surface area contributed by atoms with Crippen molar-refractivity contribution < 1.29 is 9.59 Å². The van der Waals surface area contributed by atoms with Gasteiger partial charge in [0.1, 0.15) is 18.5 Å². The Labute approximate surface area is 110 Å². The summed E-state index contributed by atoms with van der Waals surface area (Å²) in [7, 11) is 0. The molecule has 0 bridgehead atoms. The zero-order chi connectivity index (χ0) is 14.5. The average molecular weight is 262 g/mol. The molecule has 1 aliphatic heterocycles. The highest BCUT2D eigenvalue weighted by atomic mass is 16.2. The summed E-state index contributed by atoms with van der Waals surface area (Å²) in [5.74, 6) is -0.954. The Bertz CT molecular complexity index is 500. The first-order valence-corrected chi connectivity index (χ1v) is 5.60. The van der Waals surface area contributed by atoms with E-state index in [1.807, 2.05) is 0 Å². The van der Waals surface area contributed by atoms with Crippen molar-refractivity contribution in [2.24, 2.45) is 5.10 Å². The molecule has 0 saturated carbocycles. The molecule has 0 unspecified atom stereocenters. The number of hydrogen-bond acceptors (Lipinski definition) is 6. The van der Waals surface area contributed by atoms with Crippen molar-refractivity contribution in [3.8, 4) is 12.1 Å². The molecule has 0 spiro atoms. The van der Waals surface area contributed by atoms with Gasteiger partial charge in [-0.1, -0.05) is 0 Å². The second kappa shape index (κ2) is 5.94. The van der Waals surface area contributed by atoms with Crippen LogP contribution in [-0.4, -0.2) is 28.2 Å². The molecule has 1 atom stereocenters. The number of nitrogens with zero attached hydrogens (tertiary/aromatic N) is 4. The third kappa shape index (κ3) is 3.50. The van der Waals surface area contributed by atoms with E-state index in [4.69, 9.17) is 10.5 Å². The molecule has 100 valence electrons. The predicted molar refractivity (Wildman–Crippen MR) is 64.7 cm³/mol. The maximum absolute atomic E-state index is 11.8. The SMILES string of the molecule is CC1=NN(C(=O)CC#N)[C@](C)(NNC(=O)CC#N)C1. The Morgan fingerprint density at radius 1 is 1.42 bits per heavy atom. The monoisotopic (exact) mass is 262 g/mol. The van der Waals surface area contributed by atoms with Crippen LogP contribution >= 0.6 is 0 Å². The maximum atomic E-state index is 11.8. The summed E-state index contributed by atoms with van der Waals surface area (Å²) < 4.78 is 0. The Balaban J connectivity index is 2.74. The number of hydrazine groups is 1. The normalized spacial score (nSPS) is 21.3.